The molecule has 0 bridgehead atoms. The quantitative estimate of drug-likeness (QED) is 0.453. The summed E-state index contributed by atoms with van der Waals surface area (Å²) in [7, 11) is 0. The highest BCUT2D eigenvalue weighted by atomic mass is 16.2. The first-order valence-corrected chi connectivity index (χ1v) is 12.2. The number of benzene rings is 1. The van der Waals surface area contributed by atoms with E-state index >= 15 is 0 Å². The van der Waals surface area contributed by atoms with Gasteiger partial charge in [-0.3, -0.25) is 14.1 Å². The van der Waals surface area contributed by atoms with E-state index in [9.17, 15) is 4.79 Å². The van der Waals surface area contributed by atoms with Crippen LogP contribution in [-0.2, 0) is 12.0 Å². The minimum absolute atomic E-state index is 0.0462. The summed E-state index contributed by atoms with van der Waals surface area (Å²) < 4.78 is 3.75. The zero-order chi connectivity index (χ0) is 24.7. The van der Waals surface area contributed by atoms with E-state index in [4.69, 9.17) is 0 Å². The van der Waals surface area contributed by atoms with Crippen LogP contribution in [0.2, 0.25) is 0 Å². The van der Waals surface area contributed by atoms with Crippen molar-refractivity contribution in [3.63, 3.8) is 0 Å². The SMILES string of the molecule is Cc1ccc2nc(C)c(C(=O)N3CCN(Cc4cn(-c5ccc(C(C)(C)C)cc5)nn4)CC3)n2c1. The van der Waals surface area contributed by atoms with E-state index in [1.807, 2.05) is 52.4 Å². The lowest BCUT2D eigenvalue weighted by molar-refractivity contribution is 0.0619. The molecule has 1 saturated heterocycles. The molecule has 4 heterocycles. The highest BCUT2D eigenvalue weighted by Gasteiger charge is 2.26. The Balaban J connectivity index is 1.21. The lowest BCUT2D eigenvalue weighted by Gasteiger charge is -2.34. The highest BCUT2D eigenvalue weighted by Crippen LogP contribution is 2.23. The molecule has 0 saturated carbocycles. The first-order chi connectivity index (χ1) is 16.7. The molecule has 0 aliphatic carbocycles. The fraction of sp³-hybridized carbons (Fsp3) is 0.407. The summed E-state index contributed by atoms with van der Waals surface area (Å²) in [4.78, 5) is 22.2. The fourth-order valence-corrected chi connectivity index (χ4v) is 4.63. The lowest BCUT2D eigenvalue weighted by Crippen LogP contribution is -2.48. The minimum atomic E-state index is 0.0462. The third-order valence-electron chi connectivity index (χ3n) is 6.73. The van der Waals surface area contributed by atoms with E-state index in [0.29, 0.717) is 18.8 Å². The summed E-state index contributed by atoms with van der Waals surface area (Å²) in [5, 5.41) is 8.72. The Hall–Kier alpha value is -3.52. The van der Waals surface area contributed by atoms with Gasteiger partial charge < -0.3 is 4.90 Å². The normalized spacial score (nSPS) is 15.2. The third kappa shape index (κ3) is 4.71. The van der Waals surface area contributed by atoms with Gasteiger partial charge in [-0.25, -0.2) is 9.67 Å². The molecular weight excluding hydrogens is 438 g/mol. The number of fused-ring (bicyclic) bond motifs is 1. The van der Waals surface area contributed by atoms with Crippen LogP contribution in [0.4, 0.5) is 0 Å². The van der Waals surface area contributed by atoms with Crippen molar-refractivity contribution in [2.24, 2.45) is 0 Å². The maximum absolute atomic E-state index is 13.3. The summed E-state index contributed by atoms with van der Waals surface area (Å²) in [6.45, 7) is 14.2. The molecule has 4 aromatic rings. The molecule has 0 unspecified atom stereocenters. The van der Waals surface area contributed by atoms with Gasteiger partial charge in [-0.1, -0.05) is 44.2 Å². The molecule has 5 rings (SSSR count). The standard InChI is InChI=1S/C27H33N7O/c1-19-6-11-24-28-20(2)25(33(24)16-19)26(35)32-14-12-31(13-15-32)17-22-18-34(30-29-22)23-9-7-21(8-10-23)27(3,4)5/h6-11,16,18H,12-15,17H2,1-5H3. The van der Waals surface area contributed by atoms with Gasteiger partial charge in [0, 0.05) is 38.9 Å². The molecule has 1 amide bonds. The molecule has 1 aliphatic rings. The molecule has 1 aromatic carbocycles. The van der Waals surface area contributed by atoms with Crippen molar-refractivity contribution in [3.05, 3.63) is 77.0 Å². The van der Waals surface area contributed by atoms with Crippen molar-refractivity contribution in [3.8, 4) is 5.69 Å². The van der Waals surface area contributed by atoms with Crippen LogP contribution in [0.15, 0.2) is 48.8 Å². The summed E-state index contributed by atoms with van der Waals surface area (Å²) in [5.74, 6) is 0.0462. The van der Waals surface area contributed by atoms with Gasteiger partial charge in [0.1, 0.15) is 11.3 Å². The van der Waals surface area contributed by atoms with Gasteiger partial charge in [0.25, 0.3) is 5.91 Å². The Morgan fingerprint density at radius 3 is 2.34 bits per heavy atom. The van der Waals surface area contributed by atoms with Crippen LogP contribution < -0.4 is 0 Å². The van der Waals surface area contributed by atoms with Gasteiger partial charge in [0.15, 0.2) is 0 Å². The number of aromatic nitrogens is 5. The van der Waals surface area contributed by atoms with Crippen molar-refractivity contribution in [1.82, 2.24) is 34.2 Å². The van der Waals surface area contributed by atoms with E-state index in [1.54, 1.807) is 0 Å². The summed E-state index contributed by atoms with van der Waals surface area (Å²) in [6, 6.07) is 12.5. The topological polar surface area (TPSA) is 71.6 Å². The second-order valence-corrected chi connectivity index (χ2v) is 10.5. The third-order valence-corrected chi connectivity index (χ3v) is 6.73. The van der Waals surface area contributed by atoms with Gasteiger partial charge in [-0.2, -0.15) is 0 Å². The number of imidazole rings is 1. The molecule has 3 aromatic heterocycles. The first kappa shape index (κ1) is 23.2. The van der Waals surface area contributed by atoms with E-state index in [0.717, 1.165) is 47.9 Å². The lowest BCUT2D eigenvalue weighted by atomic mass is 9.87. The van der Waals surface area contributed by atoms with Crippen molar-refractivity contribution in [1.29, 1.82) is 0 Å². The number of hydrogen-bond donors (Lipinski definition) is 0. The number of rotatable bonds is 4. The number of piperazine rings is 1. The Labute approximate surface area is 206 Å². The monoisotopic (exact) mass is 471 g/mol. The van der Waals surface area contributed by atoms with Crippen LogP contribution >= 0.6 is 0 Å². The van der Waals surface area contributed by atoms with Crippen molar-refractivity contribution in [2.75, 3.05) is 26.2 Å². The average Bonchev–Trinajstić information content (AvgIpc) is 3.42. The number of pyridine rings is 1. The van der Waals surface area contributed by atoms with Gasteiger partial charge >= 0.3 is 0 Å². The molecule has 1 aliphatic heterocycles. The molecule has 0 atom stereocenters. The maximum Gasteiger partial charge on any atom is 0.272 e. The number of carbonyl (C=O) groups excluding carboxylic acids is 1. The number of hydrogen-bond acceptors (Lipinski definition) is 5. The van der Waals surface area contributed by atoms with Crippen LogP contribution in [-0.4, -0.2) is 66.3 Å². The first-order valence-electron chi connectivity index (χ1n) is 12.2. The zero-order valence-corrected chi connectivity index (χ0v) is 21.2. The Morgan fingerprint density at radius 2 is 1.66 bits per heavy atom. The summed E-state index contributed by atoms with van der Waals surface area (Å²) in [6.07, 6.45) is 3.98. The van der Waals surface area contributed by atoms with Crippen LogP contribution in [0.5, 0.6) is 0 Å². The van der Waals surface area contributed by atoms with Crippen LogP contribution in [0.25, 0.3) is 11.3 Å². The molecule has 182 valence electrons. The average molecular weight is 472 g/mol. The molecule has 8 heteroatoms. The number of nitrogens with zero attached hydrogens (tertiary/aromatic N) is 7. The highest BCUT2D eigenvalue weighted by molar-refractivity contribution is 5.94. The number of aryl methyl sites for hydroxylation is 2. The van der Waals surface area contributed by atoms with Crippen LogP contribution in [0.3, 0.4) is 0 Å². The maximum atomic E-state index is 13.3. The van der Waals surface area contributed by atoms with Crippen LogP contribution in [0.1, 0.15) is 53.8 Å². The van der Waals surface area contributed by atoms with Crippen LogP contribution in [0, 0.1) is 13.8 Å². The molecule has 0 radical (unpaired) electrons. The van der Waals surface area contributed by atoms with Gasteiger partial charge in [-0.05, 0) is 48.6 Å². The predicted octanol–water partition coefficient (Wildman–Crippen LogP) is 3.79. The smallest absolute Gasteiger partial charge is 0.272 e. The van der Waals surface area contributed by atoms with E-state index < -0.39 is 0 Å². The number of carbonyl (C=O) groups is 1. The van der Waals surface area contributed by atoms with Crippen molar-refractivity contribution in [2.45, 2.75) is 46.6 Å². The molecule has 8 nitrogen and oxygen atoms in total. The molecular formula is C27H33N7O. The van der Waals surface area contributed by atoms with Crippen molar-refractivity contribution >= 4 is 11.6 Å². The molecule has 1 fully saturated rings. The van der Waals surface area contributed by atoms with Gasteiger partial charge in [-0.15, -0.1) is 5.10 Å². The number of amides is 1. The summed E-state index contributed by atoms with van der Waals surface area (Å²) >= 11 is 0. The second kappa shape index (κ2) is 8.92. The van der Waals surface area contributed by atoms with Gasteiger partial charge in [0.05, 0.1) is 23.3 Å². The summed E-state index contributed by atoms with van der Waals surface area (Å²) in [5.41, 5.74) is 6.70. The Morgan fingerprint density at radius 1 is 0.943 bits per heavy atom. The van der Waals surface area contributed by atoms with Crippen molar-refractivity contribution < 1.29 is 4.79 Å². The second-order valence-electron chi connectivity index (χ2n) is 10.5. The van der Waals surface area contributed by atoms with E-state index in [1.165, 1.54) is 5.56 Å². The zero-order valence-electron chi connectivity index (χ0n) is 21.2. The van der Waals surface area contributed by atoms with E-state index in [2.05, 4.69) is 65.2 Å². The fourth-order valence-electron chi connectivity index (χ4n) is 4.63. The van der Waals surface area contributed by atoms with Gasteiger partial charge in [0.2, 0.25) is 0 Å². The minimum Gasteiger partial charge on any atom is -0.335 e. The molecule has 35 heavy (non-hydrogen) atoms. The Kier molecular flexibility index (Phi) is 5.92. The van der Waals surface area contributed by atoms with E-state index in [-0.39, 0.29) is 11.3 Å². The molecule has 0 spiro atoms. The Bertz CT molecular complexity index is 1350. The molecule has 0 N–H and O–H groups in total. The largest absolute Gasteiger partial charge is 0.335 e. The predicted molar refractivity (Wildman–Crippen MR) is 136 cm³/mol.